The summed E-state index contributed by atoms with van der Waals surface area (Å²) >= 11 is 0. The van der Waals surface area contributed by atoms with Gasteiger partial charge in [0.1, 0.15) is 30.4 Å². The zero-order chi connectivity index (χ0) is 25.9. The highest BCUT2D eigenvalue weighted by molar-refractivity contribution is 5.82. The van der Waals surface area contributed by atoms with E-state index in [2.05, 4.69) is 35.2 Å². The van der Waals surface area contributed by atoms with E-state index < -0.39 is 0 Å². The number of nitrogens with one attached hydrogen (secondary N) is 1. The first-order valence-electron chi connectivity index (χ1n) is 11.4. The molecule has 0 saturated carbocycles. The van der Waals surface area contributed by atoms with E-state index in [1.807, 2.05) is 6.07 Å². The number of rotatable bonds is 9. The molecule has 6 aromatic heterocycles. The van der Waals surface area contributed by atoms with Crippen LogP contribution in [-0.2, 0) is 13.2 Å². The standard InChI is InChI=1S/C26H18N8O4/c35-12-16-1-3-27-10-24(16)38-15-19-6-32-34-22(19)8-28-9-23(34)21-5-18(13-36)25(11-30-21)37-14-17-2-4-29-26-20(17)7-31-33-26/h1-13H,14-15H2,(H,29,31,33). The molecule has 1 N–H and O–H groups in total. The number of nitrogens with zero attached hydrogens (tertiary/aromatic N) is 7. The van der Waals surface area contributed by atoms with Gasteiger partial charge in [0.05, 0.1) is 59.5 Å². The predicted molar refractivity (Wildman–Crippen MR) is 134 cm³/mol. The summed E-state index contributed by atoms with van der Waals surface area (Å²) in [6, 6.07) is 5.04. The van der Waals surface area contributed by atoms with E-state index >= 15 is 0 Å². The quantitative estimate of drug-likeness (QED) is 0.289. The van der Waals surface area contributed by atoms with Gasteiger partial charge in [-0.1, -0.05) is 0 Å². The molecule has 0 fully saturated rings. The molecule has 12 heteroatoms. The van der Waals surface area contributed by atoms with E-state index in [1.165, 1.54) is 18.6 Å². The molecule has 0 saturated heterocycles. The number of H-pyrrole nitrogens is 1. The second kappa shape index (κ2) is 9.85. The number of carbonyl (C=O) groups is 2. The number of fused-ring (bicyclic) bond motifs is 2. The Bertz CT molecular complexity index is 1800. The largest absolute Gasteiger partial charge is 0.487 e. The highest BCUT2D eigenvalue weighted by atomic mass is 16.5. The molecule has 38 heavy (non-hydrogen) atoms. The Labute approximate surface area is 214 Å². The van der Waals surface area contributed by atoms with Gasteiger partial charge in [0.15, 0.2) is 18.2 Å². The SMILES string of the molecule is O=Cc1cc(-c2cncc3c(COc4cnccc4C=O)cnn23)ncc1OCc1ccnc2[nH]ncc12. The van der Waals surface area contributed by atoms with Gasteiger partial charge < -0.3 is 9.47 Å². The van der Waals surface area contributed by atoms with Gasteiger partial charge >= 0.3 is 0 Å². The van der Waals surface area contributed by atoms with Gasteiger partial charge in [0.2, 0.25) is 0 Å². The maximum absolute atomic E-state index is 11.9. The van der Waals surface area contributed by atoms with E-state index in [0.717, 1.165) is 22.8 Å². The Hall–Kier alpha value is -5.52. The molecule has 0 aliphatic heterocycles. The van der Waals surface area contributed by atoms with Crippen LogP contribution >= 0.6 is 0 Å². The smallest absolute Gasteiger partial charge is 0.155 e. The lowest BCUT2D eigenvalue weighted by atomic mass is 10.2. The maximum Gasteiger partial charge on any atom is 0.155 e. The van der Waals surface area contributed by atoms with Gasteiger partial charge in [-0.15, -0.1) is 0 Å². The summed E-state index contributed by atoms with van der Waals surface area (Å²) in [5.74, 6) is 0.716. The highest BCUT2D eigenvalue weighted by Crippen LogP contribution is 2.26. The molecule has 6 heterocycles. The van der Waals surface area contributed by atoms with Crippen LogP contribution in [0.4, 0.5) is 0 Å². The van der Waals surface area contributed by atoms with Crippen LogP contribution in [0.15, 0.2) is 67.8 Å². The summed E-state index contributed by atoms with van der Waals surface area (Å²) in [5.41, 5.74) is 4.77. The molecular formula is C26H18N8O4. The van der Waals surface area contributed by atoms with E-state index in [1.54, 1.807) is 47.6 Å². The average Bonchev–Trinajstić information content (AvgIpc) is 3.62. The van der Waals surface area contributed by atoms with Crippen LogP contribution in [0, 0.1) is 0 Å². The zero-order valence-electron chi connectivity index (χ0n) is 19.7. The van der Waals surface area contributed by atoms with Gasteiger partial charge in [-0.3, -0.25) is 29.6 Å². The molecule has 0 spiro atoms. The lowest BCUT2D eigenvalue weighted by Gasteiger charge is -2.11. The Balaban J connectivity index is 1.26. The summed E-state index contributed by atoms with van der Waals surface area (Å²) in [5, 5.41) is 12.1. The molecule has 12 nitrogen and oxygen atoms in total. The third kappa shape index (κ3) is 4.19. The summed E-state index contributed by atoms with van der Waals surface area (Å²) in [7, 11) is 0. The molecule has 0 aliphatic carbocycles. The lowest BCUT2D eigenvalue weighted by molar-refractivity contribution is 0.111. The van der Waals surface area contributed by atoms with Crippen molar-refractivity contribution >= 4 is 29.1 Å². The monoisotopic (exact) mass is 506 g/mol. The van der Waals surface area contributed by atoms with Crippen LogP contribution in [0.3, 0.4) is 0 Å². The normalized spacial score (nSPS) is 11.1. The summed E-state index contributed by atoms with van der Waals surface area (Å²) in [6.45, 7) is 0.364. The van der Waals surface area contributed by atoms with Crippen LogP contribution in [0.5, 0.6) is 11.5 Å². The van der Waals surface area contributed by atoms with Gasteiger partial charge in [0, 0.05) is 28.9 Å². The second-order valence-corrected chi connectivity index (χ2v) is 8.20. The van der Waals surface area contributed by atoms with Crippen molar-refractivity contribution in [3.63, 3.8) is 0 Å². The van der Waals surface area contributed by atoms with Crippen molar-refractivity contribution in [1.82, 2.24) is 39.7 Å². The molecule has 186 valence electrons. The first kappa shape index (κ1) is 22.9. The molecule has 0 amide bonds. The number of carbonyl (C=O) groups excluding carboxylic acids is 2. The molecule has 0 aliphatic rings. The van der Waals surface area contributed by atoms with E-state index in [-0.39, 0.29) is 13.2 Å². The Morgan fingerprint density at radius 3 is 2.53 bits per heavy atom. The molecule has 6 rings (SSSR count). The van der Waals surface area contributed by atoms with Crippen molar-refractivity contribution in [1.29, 1.82) is 0 Å². The van der Waals surface area contributed by atoms with E-state index in [9.17, 15) is 9.59 Å². The number of aromatic nitrogens is 8. The predicted octanol–water partition coefficient (Wildman–Crippen LogP) is 3.24. The molecule has 0 unspecified atom stereocenters. The van der Waals surface area contributed by atoms with Crippen molar-refractivity contribution in [2.75, 3.05) is 0 Å². The van der Waals surface area contributed by atoms with Crippen molar-refractivity contribution in [2.45, 2.75) is 13.2 Å². The van der Waals surface area contributed by atoms with Crippen LogP contribution in [0.25, 0.3) is 27.9 Å². The molecule has 0 bridgehead atoms. The first-order chi connectivity index (χ1) is 18.7. The Morgan fingerprint density at radius 1 is 0.816 bits per heavy atom. The molecule has 0 atom stereocenters. The van der Waals surface area contributed by atoms with E-state index in [0.29, 0.717) is 51.5 Å². The fourth-order valence-electron chi connectivity index (χ4n) is 4.00. The Kier molecular flexibility index (Phi) is 5.94. The van der Waals surface area contributed by atoms with Crippen LogP contribution in [-0.4, -0.2) is 52.3 Å². The van der Waals surface area contributed by atoms with E-state index in [4.69, 9.17) is 9.47 Å². The van der Waals surface area contributed by atoms with Crippen molar-refractivity contribution in [2.24, 2.45) is 0 Å². The molecule has 6 aromatic rings. The summed E-state index contributed by atoms with van der Waals surface area (Å²) in [6.07, 6.45) is 14.2. The third-order valence-electron chi connectivity index (χ3n) is 5.95. The molecule has 0 radical (unpaired) electrons. The minimum Gasteiger partial charge on any atom is -0.487 e. The fourth-order valence-corrected chi connectivity index (χ4v) is 4.00. The minimum atomic E-state index is 0.153. The second-order valence-electron chi connectivity index (χ2n) is 8.20. The van der Waals surface area contributed by atoms with Crippen molar-refractivity contribution in [3.8, 4) is 22.9 Å². The summed E-state index contributed by atoms with van der Waals surface area (Å²) < 4.78 is 13.4. The first-order valence-corrected chi connectivity index (χ1v) is 11.4. The van der Waals surface area contributed by atoms with Crippen LogP contribution in [0.2, 0.25) is 0 Å². The highest BCUT2D eigenvalue weighted by Gasteiger charge is 2.15. The summed E-state index contributed by atoms with van der Waals surface area (Å²) in [4.78, 5) is 40.2. The maximum atomic E-state index is 11.9. The van der Waals surface area contributed by atoms with Crippen LogP contribution in [0.1, 0.15) is 31.8 Å². The van der Waals surface area contributed by atoms with Gasteiger partial charge in [-0.05, 0) is 18.2 Å². The molecule has 0 aromatic carbocycles. The minimum absolute atomic E-state index is 0.153. The van der Waals surface area contributed by atoms with Crippen LogP contribution < -0.4 is 9.47 Å². The number of aromatic amines is 1. The lowest BCUT2D eigenvalue weighted by Crippen LogP contribution is -2.03. The van der Waals surface area contributed by atoms with Gasteiger partial charge in [-0.2, -0.15) is 10.2 Å². The Morgan fingerprint density at radius 2 is 1.66 bits per heavy atom. The van der Waals surface area contributed by atoms with Crippen molar-refractivity contribution in [3.05, 3.63) is 90.0 Å². The third-order valence-corrected chi connectivity index (χ3v) is 5.95. The number of hydrogen-bond acceptors (Lipinski definition) is 10. The topological polar surface area (TPSA) is 150 Å². The number of aldehydes is 2. The molecular weight excluding hydrogens is 488 g/mol. The van der Waals surface area contributed by atoms with Crippen molar-refractivity contribution < 1.29 is 19.1 Å². The van der Waals surface area contributed by atoms with Gasteiger partial charge in [0.25, 0.3) is 0 Å². The fraction of sp³-hybridized carbons (Fsp3) is 0.0769. The average molecular weight is 506 g/mol. The van der Waals surface area contributed by atoms with Gasteiger partial charge in [-0.25, -0.2) is 9.50 Å². The number of hydrogen-bond donors (Lipinski definition) is 1. The number of ether oxygens (including phenoxy) is 2. The number of pyridine rings is 3. The zero-order valence-corrected chi connectivity index (χ0v) is 19.7.